The Labute approximate surface area is 174 Å². The van der Waals surface area contributed by atoms with Gasteiger partial charge in [-0.15, -0.1) is 0 Å². The second-order valence-corrected chi connectivity index (χ2v) is 6.59. The Kier molecular flexibility index (Phi) is 6.46. The van der Waals surface area contributed by atoms with Crippen molar-refractivity contribution in [3.8, 4) is 17.2 Å². The molecule has 0 aliphatic carbocycles. The van der Waals surface area contributed by atoms with Crippen molar-refractivity contribution in [1.29, 1.82) is 0 Å². The molecule has 8 nitrogen and oxygen atoms in total. The number of fused-ring (bicyclic) bond motifs is 1. The molecule has 2 aromatic carbocycles. The summed E-state index contributed by atoms with van der Waals surface area (Å²) in [5.74, 6) is 0.834. The Hall–Kier alpha value is -3.68. The molecule has 0 unspecified atom stereocenters. The largest absolute Gasteiger partial charge is 0.493 e. The van der Waals surface area contributed by atoms with E-state index in [1.807, 2.05) is 18.2 Å². The fraction of sp³-hybridized carbons (Fsp3) is 0.273. The number of furan rings is 1. The number of benzene rings is 2. The van der Waals surface area contributed by atoms with Gasteiger partial charge in [0.05, 0.1) is 21.3 Å². The van der Waals surface area contributed by atoms with E-state index < -0.39 is 5.91 Å². The van der Waals surface area contributed by atoms with Crippen LogP contribution in [-0.2, 0) is 11.2 Å². The smallest absolute Gasteiger partial charge is 0.305 e. The Morgan fingerprint density at radius 2 is 1.63 bits per heavy atom. The Morgan fingerprint density at radius 3 is 2.23 bits per heavy atom. The summed E-state index contributed by atoms with van der Waals surface area (Å²) in [5.41, 5.74) is 6.98. The lowest BCUT2D eigenvalue weighted by molar-refractivity contribution is -0.121. The lowest BCUT2D eigenvalue weighted by Crippen LogP contribution is -2.41. The summed E-state index contributed by atoms with van der Waals surface area (Å²) in [5, 5.41) is 0.858. The number of ether oxygens (including phenoxy) is 3. The molecule has 2 amide bonds. The van der Waals surface area contributed by atoms with Crippen LogP contribution in [-0.4, -0.2) is 33.1 Å². The first kappa shape index (κ1) is 21.0. The van der Waals surface area contributed by atoms with Gasteiger partial charge in [0.1, 0.15) is 5.58 Å². The zero-order valence-corrected chi connectivity index (χ0v) is 17.3. The number of rotatable bonds is 7. The number of methoxy groups -OCH3 is 3. The molecule has 2 N–H and O–H groups in total. The van der Waals surface area contributed by atoms with Crippen molar-refractivity contribution in [1.82, 2.24) is 10.9 Å². The normalized spacial score (nSPS) is 10.5. The van der Waals surface area contributed by atoms with Gasteiger partial charge in [-0.1, -0.05) is 18.2 Å². The van der Waals surface area contributed by atoms with Gasteiger partial charge in [-0.3, -0.25) is 20.4 Å². The van der Waals surface area contributed by atoms with Crippen molar-refractivity contribution in [2.45, 2.75) is 19.8 Å². The number of amides is 2. The van der Waals surface area contributed by atoms with Crippen molar-refractivity contribution < 1.29 is 28.2 Å². The zero-order chi connectivity index (χ0) is 21.7. The average molecular weight is 412 g/mol. The molecule has 0 atom stereocenters. The first-order valence-corrected chi connectivity index (χ1v) is 9.34. The first-order valence-electron chi connectivity index (χ1n) is 9.34. The number of carbonyl (C=O) groups is 2. The third-order valence-corrected chi connectivity index (χ3v) is 4.73. The highest BCUT2D eigenvalue weighted by Crippen LogP contribution is 2.38. The molecule has 0 bridgehead atoms. The summed E-state index contributed by atoms with van der Waals surface area (Å²) in [6.07, 6.45) is 0.570. The highest BCUT2D eigenvalue weighted by molar-refractivity contribution is 5.99. The van der Waals surface area contributed by atoms with Gasteiger partial charge in [-0.25, -0.2) is 0 Å². The minimum atomic E-state index is -0.509. The standard InChI is InChI=1S/C22H24N2O6/c1-13-15-7-5-6-8-16(15)30-20(13)22(26)24-23-19(25)10-9-14-11-17(27-2)21(29-4)18(12-14)28-3/h5-8,11-12H,9-10H2,1-4H3,(H,23,25)(H,24,26). The SMILES string of the molecule is COc1cc(CCC(=O)NNC(=O)c2oc3ccccc3c2C)cc(OC)c1OC. The van der Waals surface area contributed by atoms with Crippen molar-refractivity contribution in [2.24, 2.45) is 0 Å². The van der Waals surface area contributed by atoms with Gasteiger partial charge in [0.25, 0.3) is 0 Å². The van der Waals surface area contributed by atoms with Gasteiger partial charge >= 0.3 is 5.91 Å². The highest BCUT2D eigenvalue weighted by atomic mass is 16.5. The molecule has 0 fully saturated rings. The van der Waals surface area contributed by atoms with Crippen LogP contribution in [0.3, 0.4) is 0 Å². The summed E-state index contributed by atoms with van der Waals surface area (Å²) in [6, 6.07) is 10.9. The fourth-order valence-corrected chi connectivity index (χ4v) is 3.17. The summed E-state index contributed by atoms with van der Waals surface area (Å²) in [4.78, 5) is 24.6. The molecule has 0 spiro atoms. The van der Waals surface area contributed by atoms with Gasteiger partial charge in [-0.2, -0.15) is 0 Å². The van der Waals surface area contributed by atoms with E-state index in [1.165, 1.54) is 21.3 Å². The molecular formula is C22H24N2O6. The van der Waals surface area contributed by atoms with E-state index in [1.54, 1.807) is 25.1 Å². The van der Waals surface area contributed by atoms with Crippen LogP contribution in [0.15, 0.2) is 40.8 Å². The van der Waals surface area contributed by atoms with Gasteiger partial charge in [0, 0.05) is 17.4 Å². The molecule has 30 heavy (non-hydrogen) atoms. The van der Waals surface area contributed by atoms with Crippen molar-refractivity contribution in [3.05, 3.63) is 53.3 Å². The molecule has 1 aromatic heterocycles. The van der Waals surface area contributed by atoms with E-state index >= 15 is 0 Å². The van der Waals surface area contributed by atoms with E-state index in [4.69, 9.17) is 18.6 Å². The summed E-state index contributed by atoms with van der Waals surface area (Å²) < 4.78 is 21.5. The Bertz CT molecular complexity index is 1050. The van der Waals surface area contributed by atoms with Crippen molar-refractivity contribution in [2.75, 3.05) is 21.3 Å². The van der Waals surface area contributed by atoms with Crippen LogP contribution in [0.1, 0.15) is 28.1 Å². The monoisotopic (exact) mass is 412 g/mol. The van der Waals surface area contributed by atoms with Crippen LogP contribution in [0.5, 0.6) is 17.2 Å². The summed E-state index contributed by atoms with van der Waals surface area (Å²) in [7, 11) is 4.59. The number of hydrogen-bond acceptors (Lipinski definition) is 6. The number of hydrogen-bond donors (Lipinski definition) is 2. The maximum Gasteiger partial charge on any atom is 0.305 e. The summed E-state index contributed by atoms with van der Waals surface area (Å²) in [6.45, 7) is 1.80. The minimum absolute atomic E-state index is 0.151. The summed E-state index contributed by atoms with van der Waals surface area (Å²) >= 11 is 0. The van der Waals surface area contributed by atoms with E-state index in [-0.39, 0.29) is 18.1 Å². The van der Waals surface area contributed by atoms with Gasteiger partial charge in [0.15, 0.2) is 17.3 Å². The third-order valence-electron chi connectivity index (χ3n) is 4.73. The highest BCUT2D eigenvalue weighted by Gasteiger charge is 2.18. The fourth-order valence-electron chi connectivity index (χ4n) is 3.17. The third kappa shape index (κ3) is 4.32. The number of nitrogens with one attached hydrogen (secondary N) is 2. The Morgan fingerprint density at radius 1 is 0.967 bits per heavy atom. The number of para-hydroxylation sites is 1. The molecule has 0 saturated heterocycles. The molecule has 3 aromatic rings. The van der Waals surface area contributed by atoms with E-state index in [2.05, 4.69) is 10.9 Å². The molecule has 0 aliphatic rings. The maximum absolute atomic E-state index is 12.4. The Balaban J connectivity index is 1.59. The lowest BCUT2D eigenvalue weighted by atomic mass is 10.1. The average Bonchev–Trinajstić information content (AvgIpc) is 3.11. The molecule has 0 saturated carbocycles. The first-order chi connectivity index (χ1) is 14.5. The van der Waals surface area contributed by atoms with E-state index in [0.29, 0.717) is 29.3 Å². The van der Waals surface area contributed by atoms with Crippen molar-refractivity contribution >= 4 is 22.8 Å². The number of aryl methyl sites for hydroxylation is 2. The molecule has 0 radical (unpaired) electrons. The molecule has 3 rings (SSSR count). The van der Waals surface area contributed by atoms with Crippen molar-refractivity contribution in [3.63, 3.8) is 0 Å². The van der Waals surface area contributed by atoms with Crippen LogP contribution in [0.25, 0.3) is 11.0 Å². The molecule has 0 aliphatic heterocycles. The number of carbonyl (C=O) groups excluding carboxylic acids is 2. The zero-order valence-electron chi connectivity index (χ0n) is 17.3. The molecule has 158 valence electrons. The van der Waals surface area contributed by atoms with Crippen LogP contribution in [0, 0.1) is 6.92 Å². The minimum Gasteiger partial charge on any atom is -0.493 e. The topological polar surface area (TPSA) is 99.0 Å². The van der Waals surface area contributed by atoms with Gasteiger partial charge < -0.3 is 18.6 Å². The van der Waals surface area contributed by atoms with Crippen LogP contribution < -0.4 is 25.1 Å². The quantitative estimate of drug-likeness (QED) is 0.579. The maximum atomic E-state index is 12.4. The molecule has 1 heterocycles. The van der Waals surface area contributed by atoms with Gasteiger partial charge in [0.2, 0.25) is 11.7 Å². The second-order valence-electron chi connectivity index (χ2n) is 6.59. The molecular weight excluding hydrogens is 388 g/mol. The molecule has 8 heteroatoms. The second kappa shape index (κ2) is 9.21. The van der Waals surface area contributed by atoms with E-state index in [0.717, 1.165) is 16.5 Å². The van der Waals surface area contributed by atoms with Gasteiger partial charge in [-0.05, 0) is 37.1 Å². The number of hydrazine groups is 1. The predicted octanol–water partition coefficient (Wildman–Crippen LogP) is 3.16. The van der Waals surface area contributed by atoms with Crippen LogP contribution >= 0.6 is 0 Å². The predicted molar refractivity (Wildman–Crippen MR) is 111 cm³/mol. The lowest BCUT2D eigenvalue weighted by Gasteiger charge is -2.14. The van der Waals surface area contributed by atoms with Crippen LogP contribution in [0.4, 0.5) is 0 Å². The van der Waals surface area contributed by atoms with E-state index in [9.17, 15) is 9.59 Å². The van der Waals surface area contributed by atoms with Crippen LogP contribution in [0.2, 0.25) is 0 Å².